The first-order valence-electron chi connectivity index (χ1n) is 10.6. The molecule has 3 aliphatic rings. The maximum absolute atomic E-state index is 13.7. The highest BCUT2D eigenvalue weighted by Crippen LogP contribution is 2.47. The number of nitrogens with one attached hydrogen (secondary N) is 1. The number of hydrazine groups is 1. The van der Waals surface area contributed by atoms with E-state index in [1.807, 2.05) is 12.1 Å². The molecule has 5 rings (SSSR count). The second kappa shape index (κ2) is 7.81. The number of carboxylic acids is 1. The number of carboxylic acid groups (broad SMARTS) is 1. The first kappa shape index (κ1) is 21.8. The van der Waals surface area contributed by atoms with Gasteiger partial charge >= 0.3 is 5.97 Å². The van der Waals surface area contributed by atoms with Crippen LogP contribution >= 0.6 is 15.9 Å². The number of benzene rings is 1. The number of amidine groups is 1. The molecule has 1 fully saturated rings. The molecule has 2 aliphatic heterocycles. The molecular formula is C23H23BrFN5O3. The van der Waals surface area contributed by atoms with E-state index in [2.05, 4.69) is 26.3 Å². The number of hydrogen-bond donors (Lipinski definition) is 3. The summed E-state index contributed by atoms with van der Waals surface area (Å²) in [4.78, 5) is 21.2. The maximum Gasteiger partial charge on any atom is 0.335 e. The van der Waals surface area contributed by atoms with E-state index in [0.717, 1.165) is 11.1 Å². The van der Waals surface area contributed by atoms with E-state index in [1.165, 1.54) is 19.2 Å². The van der Waals surface area contributed by atoms with Crippen molar-refractivity contribution in [3.05, 3.63) is 59.9 Å². The fourth-order valence-electron chi connectivity index (χ4n) is 4.81. The lowest BCUT2D eigenvalue weighted by Gasteiger charge is -2.42. The van der Waals surface area contributed by atoms with Crippen molar-refractivity contribution < 1.29 is 19.0 Å². The molecule has 4 N–H and O–H groups in total. The van der Waals surface area contributed by atoms with Gasteiger partial charge in [-0.25, -0.2) is 19.2 Å². The smallest absolute Gasteiger partial charge is 0.335 e. The molecule has 1 unspecified atom stereocenters. The molecule has 10 heteroatoms. The normalized spacial score (nSPS) is 29.1. The van der Waals surface area contributed by atoms with E-state index < -0.39 is 16.0 Å². The lowest BCUT2D eigenvalue weighted by molar-refractivity contribution is -0.167. The summed E-state index contributed by atoms with van der Waals surface area (Å²) >= 11 is 3.80. The first-order chi connectivity index (χ1) is 15.7. The molecule has 1 saturated carbocycles. The van der Waals surface area contributed by atoms with Gasteiger partial charge in [0.15, 0.2) is 11.4 Å². The van der Waals surface area contributed by atoms with E-state index in [-0.39, 0.29) is 11.7 Å². The fraction of sp³-hybridized carbons (Fsp3) is 0.348. The third-order valence-electron chi connectivity index (χ3n) is 6.78. The first-order valence-corrected chi connectivity index (χ1v) is 11.4. The zero-order chi connectivity index (χ0) is 23.4. The van der Waals surface area contributed by atoms with Crippen molar-refractivity contribution in [1.29, 1.82) is 0 Å². The number of alkyl halides is 1. The van der Waals surface area contributed by atoms with Gasteiger partial charge in [-0.1, -0.05) is 15.9 Å². The molecule has 0 saturated heterocycles. The highest BCUT2D eigenvalue weighted by atomic mass is 79.9. The quantitative estimate of drug-likeness (QED) is 0.421. The van der Waals surface area contributed by atoms with Crippen LogP contribution in [0.4, 0.5) is 4.39 Å². The van der Waals surface area contributed by atoms with Gasteiger partial charge in [0, 0.05) is 36.0 Å². The number of aromatic nitrogens is 1. The van der Waals surface area contributed by atoms with Crippen LogP contribution < -0.4 is 11.2 Å². The van der Waals surface area contributed by atoms with E-state index in [1.54, 1.807) is 23.5 Å². The van der Waals surface area contributed by atoms with Crippen molar-refractivity contribution in [2.24, 2.45) is 16.6 Å². The number of fused-ring (bicyclic) bond motifs is 2. The number of nitrogens with zero attached hydrogens (tertiary/aromatic N) is 3. The minimum atomic E-state index is -1.16. The van der Waals surface area contributed by atoms with Gasteiger partial charge in [-0.05, 0) is 61.9 Å². The number of aliphatic imine (C=N–C) groups is 1. The van der Waals surface area contributed by atoms with Crippen LogP contribution in [0.25, 0.3) is 16.5 Å². The number of pyridine rings is 1. The van der Waals surface area contributed by atoms with Crippen molar-refractivity contribution in [2.45, 2.75) is 35.7 Å². The molecule has 33 heavy (non-hydrogen) atoms. The van der Waals surface area contributed by atoms with Crippen molar-refractivity contribution >= 4 is 44.2 Å². The molecule has 172 valence electrons. The van der Waals surface area contributed by atoms with Crippen molar-refractivity contribution in [3.8, 4) is 0 Å². The second-order valence-electron chi connectivity index (χ2n) is 8.59. The van der Waals surface area contributed by atoms with Crippen LogP contribution in [-0.2, 0) is 9.53 Å². The molecule has 8 nitrogen and oxygen atoms in total. The third-order valence-corrected chi connectivity index (χ3v) is 7.83. The molecule has 0 amide bonds. The van der Waals surface area contributed by atoms with Crippen molar-refractivity contribution in [1.82, 2.24) is 15.4 Å². The van der Waals surface area contributed by atoms with Gasteiger partial charge in [-0.2, -0.15) is 0 Å². The second-order valence-corrected chi connectivity index (χ2v) is 9.86. The molecule has 2 aromatic rings. The Morgan fingerprint density at radius 1 is 1.36 bits per heavy atom. The van der Waals surface area contributed by atoms with Gasteiger partial charge in [0.05, 0.1) is 5.52 Å². The topological polar surface area (TPSA) is 113 Å². The molecule has 1 aromatic carbocycles. The summed E-state index contributed by atoms with van der Waals surface area (Å²) in [7, 11) is 1.44. The summed E-state index contributed by atoms with van der Waals surface area (Å²) in [5.74, 6) is -0.141. The minimum absolute atomic E-state index is 0.0269. The Hall–Kier alpha value is -2.98. The Kier molecular flexibility index (Phi) is 5.17. The monoisotopic (exact) mass is 515 g/mol. The van der Waals surface area contributed by atoms with Crippen LogP contribution in [0.2, 0.25) is 0 Å². The lowest BCUT2D eigenvalue weighted by Crippen LogP contribution is -2.49. The number of methoxy groups -OCH3 is 1. The third kappa shape index (κ3) is 3.57. The van der Waals surface area contributed by atoms with Gasteiger partial charge in [-0.3, -0.25) is 10.4 Å². The molecule has 3 heterocycles. The summed E-state index contributed by atoms with van der Waals surface area (Å²) in [6.45, 7) is 0. The summed E-state index contributed by atoms with van der Waals surface area (Å²) in [5, 5.41) is 12.0. The number of ether oxygens (including phenoxy) is 1. The van der Waals surface area contributed by atoms with Crippen molar-refractivity contribution in [3.63, 3.8) is 0 Å². The highest BCUT2D eigenvalue weighted by Gasteiger charge is 2.49. The van der Waals surface area contributed by atoms with Crippen LogP contribution in [0.1, 0.15) is 31.2 Å². The van der Waals surface area contributed by atoms with Crippen LogP contribution in [-0.4, -0.2) is 44.1 Å². The molecular weight excluding hydrogens is 493 g/mol. The number of rotatable bonds is 4. The number of halogens is 2. The van der Waals surface area contributed by atoms with Gasteiger partial charge in [0.25, 0.3) is 0 Å². The summed E-state index contributed by atoms with van der Waals surface area (Å²) in [6.07, 6.45) is 7.36. The fourth-order valence-corrected chi connectivity index (χ4v) is 5.67. The van der Waals surface area contributed by atoms with Gasteiger partial charge < -0.3 is 15.6 Å². The van der Waals surface area contributed by atoms with Crippen LogP contribution in [0.15, 0.2) is 53.6 Å². The Labute approximate surface area is 198 Å². The Morgan fingerprint density at radius 3 is 2.82 bits per heavy atom. The van der Waals surface area contributed by atoms with E-state index in [0.29, 0.717) is 48.2 Å². The molecule has 1 aliphatic carbocycles. The number of aliphatic carboxylic acids is 1. The summed E-state index contributed by atoms with van der Waals surface area (Å²) in [6, 6.07) is 6.35. The van der Waals surface area contributed by atoms with Crippen LogP contribution in [0.5, 0.6) is 0 Å². The predicted octanol–water partition coefficient (Wildman–Crippen LogP) is 3.50. The lowest BCUT2D eigenvalue weighted by atomic mass is 9.75. The highest BCUT2D eigenvalue weighted by molar-refractivity contribution is 9.10. The average Bonchev–Trinajstić information content (AvgIpc) is 3.22. The van der Waals surface area contributed by atoms with Crippen LogP contribution in [0.3, 0.4) is 0 Å². The zero-order valence-corrected chi connectivity index (χ0v) is 19.5. The van der Waals surface area contributed by atoms with E-state index in [9.17, 15) is 14.3 Å². The summed E-state index contributed by atoms with van der Waals surface area (Å²) in [5.41, 5.74) is 10.6. The van der Waals surface area contributed by atoms with Gasteiger partial charge in [0.2, 0.25) is 0 Å². The largest absolute Gasteiger partial charge is 0.479 e. The molecule has 1 atom stereocenters. The van der Waals surface area contributed by atoms with Gasteiger partial charge in [0.1, 0.15) is 16.1 Å². The van der Waals surface area contributed by atoms with E-state index in [4.69, 9.17) is 15.5 Å². The van der Waals surface area contributed by atoms with Gasteiger partial charge in [-0.15, -0.1) is 0 Å². The van der Waals surface area contributed by atoms with E-state index >= 15 is 0 Å². The van der Waals surface area contributed by atoms with Crippen LogP contribution in [0, 0.1) is 11.7 Å². The minimum Gasteiger partial charge on any atom is -0.479 e. The predicted molar refractivity (Wildman–Crippen MR) is 125 cm³/mol. The Morgan fingerprint density at radius 2 is 2.12 bits per heavy atom. The zero-order valence-electron chi connectivity index (χ0n) is 17.9. The Balaban J connectivity index is 1.47. The molecule has 0 radical (unpaired) electrons. The number of hydrogen-bond acceptors (Lipinski definition) is 7. The van der Waals surface area contributed by atoms with Crippen molar-refractivity contribution in [2.75, 3.05) is 7.11 Å². The molecule has 0 bridgehead atoms. The SMILES string of the molecule is COC1(C(=O)O)CCC(C2(Br)C=C(N)N3NC=C(c4cnc5ccc(F)cc5c4)C3=N2)CC1. The average molecular weight is 516 g/mol. The maximum atomic E-state index is 13.7. The molecule has 1 aromatic heterocycles. The summed E-state index contributed by atoms with van der Waals surface area (Å²) < 4.78 is 18.3. The molecule has 0 spiro atoms. The Bertz CT molecular complexity index is 1240. The number of nitrogens with two attached hydrogens (primary N) is 1. The standard InChI is InChI=1S/C23H23BrFN5O3/c1-33-22(21(31)32)6-4-15(5-7-22)23(24)10-19(26)30-20(29-23)17(12-28-30)14-8-13-9-16(25)2-3-18(13)27-11-14/h2-3,8-12,15,28H,4-7,26H2,1H3,(H,31,32). The number of carbonyl (C=O) groups is 1.